The largest absolute Gasteiger partial charge is 0.348 e. The molecule has 0 bridgehead atoms. The number of hydrogen-bond donors (Lipinski definition) is 0. The summed E-state index contributed by atoms with van der Waals surface area (Å²) in [5.41, 5.74) is 7.78. The second-order valence-electron chi connectivity index (χ2n) is 9.19. The number of rotatable bonds is 5. The van der Waals surface area contributed by atoms with Gasteiger partial charge in [-0.1, -0.05) is 41.5 Å². The number of piperidine rings is 1. The Labute approximate surface area is 196 Å². The van der Waals surface area contributed by atoms with E-state index in [1.54, 1.807) is 11.3 Å². The maximum Gasteiger partial charge on any atom is 0.185 e. The van der Waals surface area contributed by atoms with Gasteiger partial charge in [-0.25, -0.2) is 13.4 Å². The molecular weight excluding hydrogens is 436 g/mol. The van der Waals surface area contributed by atoms with Gasteiger partial charge >= 0.3 is 0 Å². The number of sulfone groups is 1. The van der Waals surface area contributed by atoms with Crippen molar-refractivity contribution in [1.29, 1.82) is 0 Å². The van der Waals surface area contributed by atoms with Gasteiger partial charge in [-0.15, -0.1) is 11.3 Å². The van der Waals surface area contributed by atoms with E-state index in [1.165, 1.54) is 16.7 Å². The van der Waals surface area contributed by atoms with E-state index < -0.39 is 9.84 Å². The van der Waals surface area contributed by atoms with Crippen LogP contribution < -0.4 is 4.90 Å². The zero-order valence-corrected chi connectivity index (χ0v) is 21.2. The molecule has 1 fully saturated rings. The predicted molar refractivity (Wildman–Crippen MR) is 134 cm³/mol. The molecule has 1 aromatic heterocycles. The van der Waals surface area contributed by atoms with E-state index in [0.717, 1.165) is 47.0 Å². The van der Waals surface area contributed by atoms with Crippen LogP contribution in [0.1, 0.15) is 51.9 Å². The predicted octanol–water partition coefficient (Wildman–Crippen LogP) is 5.72. The topological polar surface area (TPSA) is 50.3 Å². The fourth-order valence-corrected chi connectivity index (χ4v) is 7.91. The van der Waals surface area contributed by atoms with Crippen LogP contribution in [0.5, 0.6) is 0 Å². The molecule has 32 heavy (non-hydrogen) atoms. The van der Waals surface area contributed by atoms with Gasteiger partial charge in [-0.3, -0.25) is 0 Å². The highest BCUT2D eigenvalue weighted by Gasteiger charge is 2.34. The first-order chi connectivity index (χ1) is 15.1. The van der Waals surface area contributed by atoms with Gasteiger partial charge in [0.1, 0.15) is 0 Å². The third kappa shape index (κ3) is 4.62. The molecule has 1 aliphatic heterocycles. The molecule has 170 valence electrons. The minimum atomic E-state index is -3.33. The van der Waals surface area contributed by atoms with E-state index in [1.807, 2.05) is 32.9 Å². The summed E-state index contributed by atoms with van der Waals surface area (Å²) in [6, 6.07) is 10.5. The Morgan fingerprint density at radius 1 is 0.938 bits per heavy atom. The Kier molecular flexibility index (Phi) is 6.46. The lowest BCUT2D eigenvalue weighted by Gasteiger charge is -2.32. The summed E-state index contributed by atoms with van der Waals surface area (Å²) in [7, 11) is -3.33. The molecule has 4 nitrogen and oxygen atoms in total. The van der Waals surface area contributed by atoms with Crippen molar-refractivity contribution in [3.05, 3.63) is 74.8 Å². The number of thiazole rings is 1. The van der Waals surface area contributed by atoms with Crippen LogP contribution in [0.4, 0.5) is 5.13 Å². The normalized spacial score (nSPS) is 15.3. The molecule has 2 heterocycles. The van der Waals surface area contributed by atoms with Crippen molar-refractivity contribution in [1.82, 2.24) is 4.98 Å². The van der Waals surface area contributed by atoms with Gasteiger partial charge in [0.15, 0.2) is 15.0 Å². The molecule has 1 saturated heterocycles. The molecule has 0 aliphatic carbocycles. The monoisotopic (exact) mass is 468 g/mol. The number of anilines is 1. The number of benzene rings is 2. The lowest BCUT2D eigenvalue weighted by Crippen LogP contribution is -2.39. The summed E-state index contributed by atoms with van der Waals surface area (Å²) in [4.78, 5) is 7.66. The Morgan fingerprint density at radius 3 is 2.25 bits per heavy atom. The first-order valence-electron chi connectivity index (χ1n) is 11.2. The number of aromatic nitrogens is 1. The van der Waals surface area contributed by atoms with Crippen LogP contribution in [-0.4, -0.2) is 31.7 Å². The standard InChI is InChI=1S/C26H32N2O2S2/c1-17-6-7-19(3)22(14-17)15-23-16-31-26(27-23)28-10-8-24(9-11-28)32(29,30)25-20(4)12-18(2)13-21(25)5/h6-7,12-14,16,24H,8-11,15H2,1-5H3. The molecule has 0 unspecified atom stereocenters. The Hall–Kier alpha value is -2.18. The molecule has 6 heteroatoms. The van der Waals surface area contributed by atoms with Gasteiger partial charge in [0.25, 0.3) is 0 Å². The molecule has 0 radical (unpaired) electrons. The summed E-state index contributed by atoms with van der Waals surface area (Å²) in [6.45, 7) is 11.5. The number of aryl methyl sites for hydroxylation is 5. The average Bonchev–Trinajstić information content (AvgIpc) is 3.18. The summed E-state index contributed by atoms with van der Waals surface area (Å²) in [5.74, 6) is 0. The molecule has 1 aliphatic rings. The fourth-order valence-electron chi connectivity index (χ4n) is 4.85. The maximum absolute atomic E-state index is 13.4. The van der Waals surface area contributed by atoms with E-state index in [9.17, 15) is 8.42 Å². The van der Waals surface area contributed by atoms with Crippen molar-refractivity contribution in [3.8, 4) is 0 Å². The maximum atomic E-state index is 13.4. The quantitative estimate of drug-likeness (QED) is 0.481. The highest BCUT2D eigenvalue weighted by atomic mass is 32.2. The molecule has 4 rings (SSSR count). The van der Waals surface area contributed by atoms with Crippen molar-refractivity contribution < 1.29 is 8.42 Å². The van der Waals surface area contributed by atoms with Gasteiger partial charge in [-0.2, -0.15) is 0 Å². The van der Waals surface area contributed by atoms with Crippen molar-refractivity contribution in [2.75, 3.05) is 18.0 Å². The van der Waals surface area contributed by atoms with Gasteiger partial charge in [0, 0.05) is 24.9 Å². The van der Waals surface area contributed by atoms with E-state index >= 15 is 0 Å². The van der Waals surface area contributed by atoms with Crippen molar-refractivity contribution in [2.45, 2.75) is 64.0 Å². The van der Waals surface area contributed by atoms with Gasteiger partial charge in [0.05, 0.1) is 15.8 Å². The van der Waals surface area contributed by atoms with E-state index in [-0.39, 0.29) is 5.25 Å². The van der Waals surface area contributed by atoms with Crippen molar-refractivity contribution in [2.24, 2.45) is 0 Å². The molecule has 2 aromatic carbocycles. The summed E-state index contributed by atoms with van der Waals surface area (Å²) in [6.07, 6.45) is 2.11. The molecule has 0 spiro atoms. The minimum Gasteiger partial charge on any atom is -0.348 e. The molecule has 3 aromatic rings. The third-order valence-electron chi connectivity index (χ3n) is 6.46. The third-order valence-corrected chi connectivity index (χ3v) is 9.97. The van der Waals surface area contributed by atoms with E-state index in [4.69, 9.17) is 4.98 Å². The summed E-state index contributed by atoms with van der Waals surface area (Å²) < 4.78 is 26.8. The highest BCUT2D eigenvalue weighted by Crippen LogP contribution is 2.32. The SMILES string of the molecule is Cc1cc(C)c(S(=O)(=O)C2CCN(c3nc(Cc4cc(C)ccc4C)cs3)CC2)c(C)c1. The Bertz CT molecular complexity index is 1210. The van der Waals surface area contributed by atoms with E-state index in [0.29, 0.717) is 17.7 Å². The molecule has 0 saturated carbocycles. The zero-order valence-electron chi connectivity index (χ0n) is 19.6. The van der Waals surface area contributed by atoms with Crippen LogP contribution in [0.15, 0.2) is 40.6 Å². The Morgan fingerprint density at radius 2 is 1.59 bits per heavy atom. The first-order valence-corrected chi connectivity index (χ1v) is 13.6. The minimum absolute atomic E-state index is 0.326. The van der Waals surface area contributed by atoms with Gasteiger partial charge < -0.3 is 4.90 Å². The second kappa shape index (κ2) is 8.99. The average molecular weight is 469 g/mol. The lowest BCUT2D eigenvalue weighted by atomic mass is 10.0. The van der Waals surface area contributed by atoms with Crippen molar-refractivity contribution >= 4 is 26.3 Å². The number of hydrogen-bond acceptors (Lipinski definition) is 5. The smallest absolute Gasteiger partial charge is 0.185 e. The second-order valence-corrected chi connectivity index (χ2v) is 12.2. The summed E-state index contributed by atoms with van der Waals surface area (Å²) >= 11 is 1.66. The van der Waals surface area contributed by atoms with E-state index in [2.05, 4.69) is 42.3 Å². The Balaban J connectivity index is 1.45. The van der Waals surface area contributed by atoms with Crippen LogP contribution in [0, 0.1) is 34.6 Å². The van der Waals surface area contributed by atoms with Crippen molar-refractivity contribution in [3.63, 3.8) is 0 Å². The number of nitrogens with zero attached hydrogens (tertiary/aromatic N) is 2. The fraction of sp³-hybridized carbons (Fsp3) is 0.423. The molecular formula is C26H32N2O2S2. The first kappa shape index (κ1) is 23.0. The van der Waals surface area contributed by atoms with Crippen LogP contribution in [-0.2, 0) is 16.3 Å². The van der Waals surface area contributed by atoms with Crippen LogP contribution >= 0.6 is 11.3 Å². The lowest BCUT2D eigenvalue weighted by molar-refractivity contribution is 0.528. The molecule has 0 amide bonds. The highest BCUT2D eigenvalue weighted by molar-refractivity contribution is 7.92. The summed E-state index contributed by atoms with van der Waals surface area (Å²) in [5, 5.41) is 2.82. The zero-order chi connectivity index (χ0) is 23.0. The molecule has 0 atom stereocenters. The molecule has 0 N–H and O–H groups in total. The van der Waals surface area contributed by atoms with Gasteiger partial charge in [0.2, 0.25) is 0 Å². The van der Waals surface area contributed by atoms with Gasteiger partial charge in [-0.05, 0) is 69.7 Å². The van der Waals surface area contributed by atoms with Crippen LogP contribution in [0.25, 0.3) is 0 Å². The van der Waals surface area contributed by atoms with Crippen LogP contribution in [0.2, 0.25) is 0 Å². The van der Waals surface area contributed by atoms with Crippen LogP contribution in [0.3, 0.4) is 0 Å².